The molecule has 340 valence electrons. The smallest absolute Gasteiger partial charge is 0.303 e. The Morgan fingerprint density at radius 3 is 1.38 bits per heavy atom. The molecule has 0 bridgehead atoms. The lowest BCUT2D eigenvalue weighted by molar-refractivity contribution is -0.293. The van der Waals surface area contributed by atoms with Crippen LogP contribution in [-0.4, -0.2) is 101 Å². The molecule has 0 aromatic heterocycles. The van der Waals surface area contributed by atoms with Gasteiger partial charge in [0.05, 0.1) is 12.7 Å². The Bertz CT molecular complexity index is 1050. The van der Waals surface area contributed by atoms with Crippen molar-refractivity contribution in [2.45, 2.75) is 243 Å². The normalized spacial score (nSPS) is 20.4. The summed E-state index contributed by atoms with van der Waals surface area (Å²) in [5, 5.41) is 48.1. The Kier molecular flexibility index (Phi) is 31.8. The number of carboxylic acid groups (broad SMARTS) is 1. The van der Waals surface area contributed by atoms with Crippen molar-refractivity contribution < 1.29 is 49.1 Å². The third-order valence-electron chi connectivity index (χ3n) is 11.6. The summed E-state index contributed by atoms with van der Waals surface area (Å²) in [4.78, 5) is 51.7. The largest absolute Gasteiger partial charge is 0.481 e. The molecule has 1 aliphatic rings. The Balaban J connectivity index is 2.93. The fourth-order valence-electron chi connectivity index (χ4n) is 7.67. The highest BCUT2D eigenvalue weighted by atomic mass is 16.7. The standard InChI is InChI=1S/C45H85N3O10/c1-5-7-9-11-13-15-17-19-21-23-25-27-29-35(30-28-26-24-22-20-18-16-14-12-10-8-6-2)42(54)48-37(33-57-45-41(53)40(52)39(51)34(3)58-45)44(56)47-36(43(55)46-4)31-32-38(49)50/h34-37,39-41,45,51-53H,5-33H2,1-4H3,(H,46,55)(H,47,56)(H,48,54)(H,49,50)/t34-,36-,37+,39+,40-,41-,45-/m0/s1. The van der Waals surface area contributed by atoms with Crippen LogP contribution in [0.4, 0.5) is 0 Å². The number of aliphatic hydroxyl groups is 3. The van der Waals surface area contributed by atoms with Gasteiger partial charge in [0.2, 0.25) is 17.7 Å². The van der Waals surface area contributed by atoms with E-state index >= 15 is 0 Å². The van der Waals surface area contributed by atoms with Crippen molar-refractivity contribution in [3.63, 3.8) is 0 Å². The highest BCUT2D eigenvalue weighted by Crippen LogP contribution is 2.23. The van der Waals surface area contributed by atoms with Crippen molar-refractivity contribution in [1.82, 2.24) is 16.0 Å². The molecule has 13 nitrogen and oxygen atoms in total. The molecular formula is C45H85N3O10. The van der Waals surface area contributed by atoms with Gasteiger partial charge in [0.1, 0.15) is 30.4 Å². The van der Waals surface area contributed by atoms with Gasteiger partial charge in [0.25, 0.3) is 0 Å². The summed E-state index contributed by atoms with van der Waals surface area (Å²) in [5.74, 6) is -3.15. The number of aliphatic carboxylic acids is 1. The first-order valence-corrected chi connectivity index (χ1v) is 23.3. The number of amides is 3. The molecule has 0 unspecified atom stereocenters. The van der Waals surface area contributed by atoms with E-state index in [4.69, 9.17) is 9.47 Å². The number of nitrogens with one attached hydrogen (secondary N) is 3. The minimum absolute atomic E-state index is 0.172. The summed E-state index contributed by atoms with van der Waals surface area (Å²) in [5.41, 5.74) is 0. The second-order valence-corrected chi connectivity index (χ2v) is 16.7. The third-order valence-corrected chi connectivity index (χ3v) is 11.6. The zero-order valence-corrected chi connectivity index (χ0v) is 36.9. The third kappa shape index (κ3) is 24.7. The van der Waals surface area contributed by atoms with E-state index in [1.165, 1.54) is 130 Å². The van der Waals surface area contributed by atoms with Crippen molar-refractivity contribution in [2.75, 3.05) is 13.7 Å². The van der Waals surface area contributed by atoms with E-state index in [2.05, 4.69) is 29.8 Å². The van der Waals surface area contributed by atoms with Gasteiger partial charge in [-0.2, -0.15) is 0 Å². The molecule has 3 amide bonds. The van der Waals surface area contributed by atoms with Gasteiger partial charge >= 0.3 is 5.97 Å². The van der Waals surface area contributed by atoms with E-state index in [0.717, 1.165) is 38.5 Å². The summed E-state index contributed by atoms with van der Waals surface area (Å²) >= 11 is 0. The summed E-state index contributed by atoms with van der Waals surface area (Å²) in [6.45, 7) is 5.51. The fourth-order valence-corrected chi connectivity index (χ4v) is 7.67. The number of aliphatic hydroxyl groups excluding tert-OH is 3. The minimum atomic E-state index is -1.62. The molecule has 0 spiro atoms. The van der Waals surface area contributed by atoms with Gasteiger partial charge in [-0.15, -0.1) is 0 Å². The zero-order chi connectivity index (χ0) is 43.0. The molecule has 0 radical (unpaired) electrons. The Morgan fingerprint density at radius 2 is 0.966 bits per heavy atom. The van der Waals surface area contributed by atoms with Crippen molar-refractivity contribution >= 4 is 23.7 Å². The average Bonchev–Trinajstić information content (AvgIpc) is 3.21. The van der Waals surface area contributed by atoms with Crippen LogP contribution in [0.1, 0.15) is 201 Å². The second-order valence-electron chi connectivity index (χ2n) is 16.7. The van der Waals surface area contributed by atoms with Crippen LogP contribution in [0.15, 0.2) is 0 Å². The Morgan fingerprint density at radius 1 is 0.552 bits per heavy atom. The number of ether oxygens (including phenoxy) is 2. The van der Waals surface area contributed by atoms with Crippen LogP contribution < -0.4 is 16.0 Å². The SMILES string of the molecule is CCCCCCCCCCCCCCC(CCCCCCCCCCCCCC)C(=O)N[C@H](CO[C@H]1O[C@@H](C)[C@@H](O)[C@H](O)[C@@H]1O)C(=O)N[C@@H](CCC(=O)O)C(=O)NC. The summed E-state index contributed by atoms with van der Waals surface area (Å²) in [6, 6.07) is -2.51. The number of unbranched alkanes of at least 4 members (excludes halogenated alkanes) is 22. The van der Waals surface area contributed by atoms with Gasteiger partial charge in [-0.25, -0.2) is 0 Å². The lowest BCUT2D eigenvalue weighted by atomic mass is 9.92. The maximum absolute atomic E-state index is 14.0. The molecular weight excluding hydrogens is 743 g/mol. The molecule has 1 saturated heterocycles. The summed E-state index contributed by atoms with van der Waals surface area (Å²) < 4.78 is 11.3. The van der Waals surface area contributed by atoms with E-state index in [9.17, 15) is 39.6 Å². The molecule has 0 aromatic carbocycles. The first-order valence-electron chi connectivity index (χ1n) is 23.3. The van der Waals surface area contributed by atoms with Gasteiger partial charge < -0.3 is 45.9 Å². The highest BCUT2D eigenvalue weighted by molar-refractivity contribution is 5.92. The van der Waals surface area contributed by atoms with Crippen LogP contribution in [0.2, 0.25) is 0 Å². The van der Waals surface area contributed by atoms with Gasteiger partial charge in [0, 0.05) is 19.4 Å². The van der Waals surface area contributed by atoms with Gasteiger partial charge in [0.15, 0.2) is 6.29 Å². The molecule has 1 fully saturated rings. The monoisotopic (exact) mass is 828 g/mol. The quantitative estimate of drug-likeness (QED) is 0.0314. The van der Waals surface area contributed by atoms with Crippen molar-refractivity contribution in [3.05, 3.63) is 0 Å². The van der Waals surface area contributed by atoms with Crippen LogP contribution in [0.5, 0.6) is 0 Å². The van der Waals surface area contributed by atoms with Crippen LogP contribution in [0.25, 0.3) is 0 Å². The van der Waals surface area contributed by atoms with Crippen LogP contribution in [0, 0.1) is 5.92 Å². The summed E-state index contributed by atoms with van der Waals surface area (Å²) in [6.07, 6.45) is 23.1. The minimum Gasteiger partial charge on any atom is -0.481 e. The molecule has 13 heteroatoms. The number of carboxylic acids is 1. The first-order chi connectivity index (χ1) is 28.0. The fraction of sp³-hybridized carbons (Fsp3) is 0.911. The van der Waals surface area contributed by atoms with Gasteiger partial charge in [-0.1, -0.05) is 168 Å². The van der Waals surface area contributed by atoms with Crippen molar-refractivity contribution in [2.24, 2.45) is 5.92 Å². The predicted octanol–water partition coefficient (Wildman–Crippen LogP) is 7.21. The number of hydrogen-bond donors (Lipinski definition) is 7. The maximum Gasteiger partial charge on any atom is 0.303 e. The molecule has 7 atom stereocenters. The number of rotatable bonds is 37. The molecule has 0 saturated carbocycles. The predicted molar refractivity (Wildman–Crippen MR) is 228 cm³/mol. The van der Waals surface area contributed by atoms with E-state index in [1.54, 1.807) is 0 Å². The Hall–Kier alpha value is -2.32. The van der Waals surface area contributed by atoms with E-state index < -0.39 is 67.2 Å². The molecule has 0 aromatic rings. The lowest BCUT2D eigenvalue weighted by Crippen LogP contribution is -2.59. The summed E-state index contributed by atoms with van der Waals surface area (Å²) in [7, 11) is 1.38. The average molecular weight is 828 g/mol. The maximum atomic E-state index is 14.0. The first kappa shape index (κ1) is 53.7. The highest BCUT2D eigenvalue weighted by Gasteiger charge is 2.43. The Labute approximate surface area is 350 Å². The number of hydrogen-bond acceptors (Lipinski definition) is 9. The molecule has 0 aliphatic carbocycles. The molecule has 1 rings (SSSR count). The van der Waals surface area contributed by atoms with Crippen LogP contribution in [-0.2, 0) is 28.7 Å². The van der Waals surface area contributed by atoms with Crippen molar-refractivity contribution in [3.8, 4) is 0 Å². The lowest BCUT2D eigenvalue weighted by Gasteiger charge is -2.39. The number of carbonyl (C=O) groups is 4. The number of carbonyl (C=O) groups excluding carboxylic acids is 3. The second kappa shape index (κ2) is 34.4. The molecule has 58 heavy (non-hydrogen) atoms. The molecule has 7 N–H and O–H groups in total. The zero-order valence-electron chi connectivity index (χ0n) is 36.9. The molecule has 1 aliphatic heterocycles. The van der Waals surface area contributed by atoms with Gasteiger partial charge in [-0.3, -0.25) is 19.2 Å². The van der Waals surface area contributed by atoms with Gasteiger partial charge in [-0.05, 0) is 26.2 Å². The topological polar surface area (TPSA) is 204 Å². The van der Waals surface area contributed by atoms with Crippen LogP contribution in [0.3, 0.4) is 0 Å². The van der Waals surface area contributed by atoms with Crippen molar-refractivity contribution in [1.29, 1.82) is 0 Å². The molecule has 1 heterocycles. The van der Waals surface area contributed by atoms with E-state index in [-0.39, 0.29) is 24.7 Å². The van der Waals surface area contributed by atoms with Crippen LogP contribution >= 0.6 is 0 Å². The number of likely N-dealkylation sites (N-methyl/N-ethyl adjacent to an activating group) is 1. The van der Waals surface area contributed by atoms with E-state index in [1.807, 2.05) is 0 Å². The van der Waals surface area contributed by atoms with E-state index in [0.29, 0.717) is 12.8 Å².